The van der Waals surface area contributed by atoms with Crippen molar-refractivity contribution in [3.05, 3.63) is 28.3 Å². The largest absolute Gasteiger partial charge is 0.507 e. The Hall–Kier alpha value is -1.27. The molecular formula is C14H17ClF3NO2. The molecule has 0 aromatic heterocycles. The first-order valence-electron chi connectivity index (χ1n) is 6.45. The quantitative estimate of drug-likeness (QED) is 0.804. The van der Waals surface area contributed by atoms with Crippen molar-refractivity contribution in [1.29, 1.82) is 0 Å². The summed E-state index contributed by atoms with van der Waals surface area (Å²) >= 11 is 5.86. The second-order valence-corrected chi connectivity index (χ2v) is 5.28. The molecule has 7 heteroatoms. The van der Waals surface area contributed by atoms with Gasteiger partial charge in [-0.1, -0.05) is 18.5 Å². The van der Waals surface area contributed by atoms with E-state index >= 15 is 0 Å². The van der Waals surface area contributed by atoms with Crippen LogP contribution in [-0.4, -0.2) is 35.1 Å². The molecule has 0 saturated carbocycles. The molecule has 0 atom stereocenters. The molecule has 3 nitrogen and oxygen atoms in total. The van der Waals surface area contributed by atoms with Crippen LogP contribution >= 0.6 is 11.6 Å². The Morgan fingerprint density at radius 3 is 2.48 bits per heavy atom. The van der Waals surface area contributed by atoms with Crippen LogP contribution in [-0.2, 0) is 6.54 Å². The zero-order valence-electron chi connectivity index (χ0n) is 11.8. The Morgan fingerprint density at radius 1 is 1.38 bits per heavy atom. The van der Waals surface area contributed by atoms with E-state index in [0.29, 0.717) is 6.42 Å². The van der Waals surface area contributed by atoms with E-state index in [-0.39, 0.29) is 35.0 Å². The topological polar surface area (TPSA) is 40.5 Å². The van der Waals surface area contributed by atoms with Crippen LogP contribution in [0.1, 0.15) is 36.2 Å². The van der Waals surface area contributed by atoms with Gasteiger partial charge in [-0.15, -0.1) is 0 Å². The lowest BCUT2D eigenvalue weighted by atomic mass is 10.1. The van der Waals surface area contributed by atoms with Crippen LogP contribution in [0.15, 0.2) is 12.1 Å². The smallest absolute Gasteiger partial charge is 0.401 e. The van der Waals surface area contributed by atoms with Crippen LogP contribution in [0.2, 0.25) is 5.02 Å². The number of rotatable bonds is 6. The number of ketones is 1. The number of carbonyl (C=O) groups excluding carboxylic acids is 1. The Morgan fingerprint density at radius 2 is 2.00 bits per heavy atom. The van der Waals surface area contributed by atoms with Crippen molar-refractivity contribution in [2.75, 3.05) is 13.1 Å². The van der Waals surface area contributed by atoms with E-state index in [1.807, 2.05) is 0 Å². The molecule has 0 amide bonds. The number of alkyl halides is 3. The van der Waals surface area contributed by atoms with E-state index in [2.05, 4.69) is 0 Å². The van der Waals surface area contributed by atoms with Gasteiger partial charge in [-0.05, 0) is 32.0 Å². The van der Waals surface area contributed by atoms with E-state index in [1.54, 1.807) is 6.92 Å². The number of hydrogen-bond donors (Lipinski definition) is 1. The van der Waals surface area contributed by atoms with Crippen molar-refractivity contribution in [1.82, 2.24) is 4.90 Å². The monoisotopic (exact) mass is 323 g/mol. The average Bonchev–Trinajstić information content (AvgIpc) is 2.31. The van der Waals surface area contributed by atoms with E-state index in [1.165, 1.54) is 19.1 Å². The summed E-state index contributed by atoms with van der Waals surface area (Å²) in [6.07, 6.45) is -3.79. The summed E-state index contributed by atoms with van der Waals surface area (Å²) in [6, 6.07) is 2.68. The SMILES string of the molecule is CCCN(Cc1cc(Cl)cc(C(C)=O)c1O)CC(F)(F)F. The summed E-state index contributed by atoms with van der Waals surface area (Å²) in [5.41, 5.74) is 0.228. The maximum atomic E-state index is 12.5. The van der Waals surface area contributed by atoms with Gasteiger partial charge in [0.05, 0.1) is 12.1 Å². The molecule has 0 radical (unpaired) electrons. The summed E-state index contributed by atoms with van der Waals surface area (Å²) in [5.74, 6) is -0.704. The van der Waals surface area contributed by atoms with Crippen LogP contribution in [0.4, 0.5) is 13.2 Å². The summed E-state index contributed by atoms with van der Waals surface area (Å²) in [7, 11) is 0. The zero-order chi connectivity index (χ0) is 16.2. The molecule has 0 heterocycles. The molecule has 1 aromatic rings. The predicted molar refractivity (Wildman–Crippen MR) is 74.7 cm³/mol. The van der Waals surface area contributed by atoms with Crippen LogP contribution in [0.25, 0.3) is 0 Å². The molecule has 1 N–H and O–H groups in total. The van der Waals surface area contributed by atoms with E-state index in [4.69, 9.17) is 11.6 Å². The van der Waals surface area contributed by atoms with E-state index in [9.17, 15) is 23.1 Å². The molecule has 0 aliphatic carbocycles. The van der Waals surface area contributed by atoms with Gasteiger partial charge in [-0.25, -0.2) is 0 Å². The van der Waals surface area contributed by atoms with Crippen LogP contribution in [0.3, 0.4) is 0 Å². The summed E-state index contributed by atoms with van der Waals surface area (Å²) in [4.78, 5) is 12.6. The summed E-state index contributed by atoms with van der Waals surface area (Å²) in [5, 5.41) is 10.2. The van der Waals surface area contributed by atoms with Gasteiger partial charge in [0, 0.05) is 17.1 Å². The molecule has 0 fully saturated rings. The van der Waals surface area contributed by atoms with Crippen LogP contribution in [0.5, 0.6) is 5.75 Å². The van der Waals surface area contributed by atoms with Gasteiger partial charge in [-0.2, -0.15) is 13.2 Å². The van der Waals surface area contributed by atoms with E-state index in [0.717, 1.165) is 4.90 Å². The lowest BCUT2D eigenvalue weighted by Crippen LogP contribution is -2.34. The maximum absolute atomic E-state index is 12.5. The first kappa shape index (κ1) is 17.8. The normalized spacial score (nSPS) is 12.0. The van der Waals surface area contributed by atoms with Crippen molar-refractivity contribution in [2.45, 2.75) is 33.0 Å². The summed E-state index contributed by atoms with van der Waals surface area (Å²) < 4.78 is 37.6. The Labute approximate surface area is 126 Å². The van der Waals surface area contributed by atoms with Crippen LogP contribution in [0, 0.1) is 0 Å². The molecular weight excluding hydrogens is 307 g/mol. The first-order chi connectivity index (χ1) is 9.64. The van der Waals surface area contributed by atoms with Crippen molar-refractivity contribution < 1.29 is 23.1 Å². The highest BCUT2D eigenvalue weighted by atomic mass is 35.5. The number of phenolic OH excluding ortho intramolecular Hbond substituents is 1. The minimum absolute atomic E-state index is 0.0148. The van der Waals surface area contributed by atoms with E-state index < -0.39 is 18.5 Å². The highest BCUT2D eigenvalue weighted by molar-refractivity contribution is 6.31. The fourth-order valence-corrected chi connectivity index (χ4v) is 2.31. The molecule has 0 spiro atoms. The average molecular weight is 324 g/mol. The third-order valence-corrected chi connectivity index (χ3v) is 3.09. The number of hydrogen-bond acceptors (Lipinski definition) is 3. The lowest BCUT2D eigenvalue weighted by Gasteiger charge is -2.24. The molecule has 0 aliphatic rings. The van der Waals surface area contributed by atoms with Gasteiger partial charge in [0.15, 0.2) is 5.78 Å². The number of phenols is 1. The lowest BCUT2D eigenvalue weighted by molar-refractivity contribution is -0.147. The minimum atomic E-state index is -4.33. The maximum Gasteiger partial charge on any atom is 0.401 e. The van der Waals surface area contributed by atoms with Crippen molar-refractivity contribution >= 4 is 17.4 Å². The fourth-order valence-electron chi connectivity index (χ4n) is 2.07. The number of nitrogens with zero attached hydrogens (tertiary/aromatic N) is 1. The first-order valence-corrected chi connectivity index (χ1v) is 6.83. The molecule has 0 unspecified atom stereocenters. The highest BCUT2D eigenvalue weighted by Crippen LogP contribution is 2.29. The van der Waals surface area contributed by atoms with Crippen LogP contribution < -0.4 is 0 Å². The second-order valence-electron chi connectivity index (χ2n) is 4.84. The Balaban J connectivity index is 3.06. The number of carbonyl (C=O) groups is 1. The molecule has 1 rings (SSSR count). The van der Waals surface area contributed by atoms with Gasteiger partial charge in [0.25, 0.3) is 0 Å². The number of aromatic hydroxyl groups is 1. The van der Waals surface area contributed by atoms with Gasteiger partial charge in [0.1, 0.15) is 5.75 Å². The number of benzene rings is 1. The predicted octanol–water partition coefficient (Wildman–Crippen LogP) is 4.02. The number of Topliss-reactive ketones (excluding diaryl/α,β-unsaturated/α-hetero) is 1. The molecule has 0 bridgehead atoms. The molecule has 118 valence electrons. The van der Waals surface area contributed by atoms with Gasteiger partial charge >= 0.3 is 6.18 Å². The highest BCUT2D eigenvalue weighted by Gasteiger charge is 2.30. The van der Waals surface area contributed by atoms with Crippen molar-refractivity contribution in [3.63, 3.8) is 0 Å². The fraction of sp³-hybridized carbons (Fsp3) is 0.500. The second kappa shape index (κ2) is 7.13. The third-order valence-electron chi connectivity index (χ3n) is 2.87. The number of halogens is 4. The molecule has 0 saturated heterocycles. The van der Waals surface area contributed by atoms with Gasteiger partial charge < -0.3 is 5.11 Å². The zero-order valence-corrected chi connectivity index (χ0v) is 12.6. The van der Waals surface area contributed by atoms with Gasteiger partial charge in [0.2, 0.25) is 0 Å². The molecule has 1 aromatic carbocycles. The minimum Gasteiger partial charge on any atom is -0.507 e. The molecule has 21 heavy (non-hydrogen) atoms. The van der Waals surface area contributed by atoms with Crippen molar-refractivity contribution in [2.24, 2.45) is 0 Å². The van der Waals surface area contributed by atoms with Gasteiger partial charge in [-0.3, -0.25) is 9.69 Å². The Bertz CT molecular complexity index is 518. The Kier molecular flexibility index (Phi) is 6.04. The summed E-state index contributed by atoms with van der Waals surface area (Å²) in [6.45, 7) is 2.04. The molecule has 0 aliphatic heterocycles. The third kappa shape index (κ3) is 5.55. The standard InChI is InChI=1S/C14H17ClF3NO2/c1-3-4-19(8-14(16,17)18)7-10-5-11(15)6-12(9(2)20)13(10)21/h5-6,21H,3-4,7-8H2,1-2H3. The van der Waals surface area contributed by atoms with Crippen molar-refractivity contribution in [3.8, 4) is 5.75 Å².